The van der Waals surface area contributed by atoms with E-state index in [0.29, 0.717) is 11.1 Å². The molecule has 0 aliphatic heterocycles. The van der Waals surface area contributed by atoms with Crippen LogP contribution in [0.1, 0.15) is 16.7 Å². The van der Waals surface area contributed by atoms with Gasteiger partial charge < -0.3 is 0 Å². The van der Waals surface area contributed by atoms with Crippen molar-refractivity contribution in [1.29, 1.82) is 0 Å². The van der Waals surface area contributed by atoms with Gasteiger partial charge in [0.1, 0.15) is 0 Å². The molecule has 2 aromatic rings. The molecule has 3 nitrogen and oxygen atoms in total. The van der Waals surface area contributed by atoms with E-state index in [2.05, 4.69) is 4.98 Å². The summed E-state index contributed by atoms with van der Waals surface area (Å²) in [5.74, 6) is -1.24. The van der Waals surface area contributed by atoms with Crippen LogP contribution in [0.15, 0.2) is 36.5 Å². The molecule has 1 aromatic heterocycles. The smallest absolute Gasteiger partial charge is 0.297 e. The molecule has 0 atom stereocenters. The number of alkyl halides is 3. The molecule has 0 aliphatic carbocycles. The number of hydrogen-bond donors (Lipinski definition) is 0. The SMILES string of the molecule is Cc1cc(C(F)(F)F)ccc1CC(=O)N(C)c1ncccc1F. The van der Waals surface area contributed by atoms with Crippen molar-refractivity contribution in [1.82, 2.24) is 4.98 Å². The quantitative estimate of drug-likeness (QED) is 0.805. The fraction of sp³-hybridized carbons (Fsp3) is 0.250. The number of aryl methyl sites for hydroxylation is 1. The number of halogens is 4. The fourth-order valence-electron chi connectivity index (χ4n) is 2.09. The van der Waals surface area contributed by atoms with E-state index in [1.54, 1.807) is 0 Å². The number of benzene rings is 1. The van der Waals surface area contributed by atoms with Gasteiger partial charge in [0.2, 0.25) is 5.91 Å². The Labute approximate surface area is 130 Å². The maximum absolute atomic E-state index is 13.6. The molecule has 0 fully saturated rings. The molecule has 0 aliphatic rings. The molecule has 0 bridgehead atoms. The number of carbonyl (C=O) groups excluding carboxylic acids is 1. The second-order valence-electron chi connectivity index (χ2n) is 5.08. The average molecular weight is 326 g/mol. The highest BCUT2D eigenvalue weighted by Gasteiger charge is 2.30. The number of aromatic nitrogens is 1. The monoisotopic (exact) mass is 326 g/mol. The van der Waals surface area contributed by atoms with Crippen molar-refractivity contribution >= 4 is 11.7 Å². The Morgan fingerprint density at radius 3 is 2.52 bits per heavy atom. The first-order valence-corrected chi connectivity index (χ1v) is 6.74. The van der Waals surface area contributed by atoms with Gasteiger partial charge in [-0.25, -0.2) is 9.37 Å². The van der Waals surface area contributed by atoms with Crippen LogP contribution in [-0.2, 0) is 17.4 Å². The maximum atomic E-state index is 13.6. The molecule has 0 N–H and O–H groups in total. The van der Waals surface area contributed by atoms with Crippen LogP contribution in [0.2, 0.25) is 0 Å². The first-order chi connectivity index (χ1) is 10.7. The number of anilines is 1. The highest BCUT2D eigenvalue weighted by molar-refractivity contribution is 5.93. The molecule has 122 valence electrons. The summed E-state index contributed by atoms with van der Waals surface area (Å²) >= 11 is 0. The van der Waals surface area contributed by atoms with Crippen molar-refractivity contribution in [2.24, 2.45) is 0 Å². The summed E-state index contributed by atoms with van der Waals surface area (Å²) in [7, 11) is 1.37. The number of amides is 1. The van der Waals surface area contributed by atoms with Gasteiger partial charge in [-0.2, -0.15) is 13.2 Å². The Morgan fingerprint density at radius 2 is 1.96 bits per heavy atom. The summed E-state index contributed by atoms with van der Waals surface area (Å²) in [6, 6.07) is 5.76. The summed E-state index contributed by atoms with van der Waals surface area (Å²) in [5.41, 5.74) is 0.0320. The number of pyridine rings is 1. The van der Waals surface area contributed by atoms with Crippen LogP contribution in [0.3, 0.4) is 0 Å². The molecular formula is C16H14F4N2O. The van der Waals surface area contributed by atoms with Crippen molar-refractivity contribution in [3.8, 4) is 0 Å². The second-order valence-corrected chi connectivity index (χ2v) is 5.08. The Balaban J connectivity index is 2.19. The van der Waals surface area contributed by atoms with Gasteiger partial charge in [0.05, 0.1) is 12.0 Å². The minimum absolute atomic E-state index is 0.123. The van der Waals surface area contributed by atoms with Gasteiger partial charge in [-0.15, -0.1) is 0 Å². The Kier molecular flexibility index (Phi) is 4.68. The van der Waals surface area contributed by atoms with Gasteiger partial charge >= 0.3 is 6.18 Å². The average Bonchev–Trinajstić information content (AvgIpc) is 2.48. The predicted molar refractivity (Wildman–Crippen MR) is 77.5 cm³/mol. The molecule has 0 radical (unpaired) electrons. The van der Waals surface area contributed by atoms with E-state index < -0.39 is 23.5 Å². The number of nitrogens with zero attached hydrogens (tertiary/aromatic N) is 2. The van der Waals surface area contributed by atoms with E-state index in [9.17, 15) is 22.4 Å². The van der Waals surface area contributed by atoms with E-state index in [0.717, 1.165) is 17.0 Å². The number of likely N-dealkylation sites (N-methyl/N-ethyl adjacent to an activating group) is 1. The normalized spacial score (nSPS) is 11.4. The van der Waals surface area contributed by atoms with Crippen molar-refractivity contribution in [3.63, 3.8) is 0 Å². The third-order valence-corrected chi connectivity index (χ3v) is 3.44. The first-order valence-electron chi connectivity index (χ1n) is 6.74. The predicted octanol–water partition coefficient (Wildman–Crippen LogP) is 3.75. The maximum Gasteiger partial charge on any atom is 0.416 e. The molecule has 1 amide bonds. The standard InChI is InChI=1S/C16H14F4N2O/c1-10-8-12(16(18,19)20)6-5-11(10)9-14(23)22(2)15-13(17)4-3-7-21-15/h3-8H,9H2,1-2H3. The van der Waals surface area contributed by atoms with Crippen LogP contribution in [0.25, 0.3) is 0 Å². The summed E-state index contributed by atoms with van der Waals surface area (Å²) in [6.45, 7) is 1.50. The van der Waals surface area contributed by atoms with Crippen LogP contribution in [0.5, 0.6) is 0 Å². The molecular weight excluding hydrogens is 312 g/mol. The van der Waals surface area contributed by atoms with E-state index in [-0.39, 0.29) is 12.2 Å². The number of carbonyl (C=O) groups is 1. The highest BCUT2D eigenvalue weighted by Crippen LogP contribution is 2.30. The van der Waals surface area contributed by atoms with E-state index in [4.69, 9.17) is 0 Å². The number of hydrogen-bond acceptors (Lipinski definition) is 2. The van der Waals surface area contributed by atoms with Gasteiger partial charge in [0.25, 0.3) is 0 Å². The van der Waals surface area contributed by atoms with Gasteiger partial charge in [-0.1, -0.05) is 6.07 Å². The van der Waals surface area contributed by atoms with Crippen LogP contribution >= 0.6 is 0 Å². The summed E-state index contributed by atoms with van der Waals surface area (Å²) in [5, 5.41) is 0. The molecule has 0 saturated heterocycles. The van der Waals surface area contributed by atoms with Crippen molar-refractivity contribution in [2.75, 3.05) is 11.9 Å². The Bertz CT molecular complexity index is 728. The van der Waals surface area contributed by atoms with E-state index in [1.165, 1.54) is 38.4 Å². The van der Waals surface area contributed by atoms with Crippen molar-refractivity contribution in [3.05, 3.63) is 59.0 Å². The molecule has 1 heterocycles. The lowest BCUT2D eigenvalue weighted by Gasteiger charge is -2.18. The zero-order valence-electron chi connectivity index (χ0n) is 12.5. The molecule has 0 spiro atoms. The number of rotatable bonds is 3. The molecule has 1 aromatic carbocycles. The molecule has 7 heteroatoms. The van der Waals surface area contributed by atoms with Gasteiger partial charge in [-0.05, 0) is 42.3 Å². The van der Waals surface area contributed by atoms with Crippen LogP contribution in [-0.4, -0.2) is 17.9 Å². The Hall–Kier alpha value is -2.44. The zero-order chi connectivity index (χ0) is 17.2. The zero-order valence-corrected chi connectivity index (χ0v) is 12.5. The van der Waals surface area contributed by atoms with Crippen molar-refractivity contribution < 1.29 is 22.4 Å². The van der Waals surface area contributed by atoms with Crippen LogP contribution in [0.4, 0.5) is 23.4 Å². The third-order valence-electron chi connectivity index (χ3n) is 3.44. The lowest BCUT2D eigenvalue weighted by atomic mass is 10.0. The molecule has 0 saturated carbocycles. The first kappa shape index (κ1) is 16.9. The van der Waals surface area contributed by atoms with E-state index in [1.807, 2.05) is 0 Å². The summed E-state index contributed by atoms with van der Waals surface area (Å²) in [4.78, 5) is 17.0. The summed E-state index contributed by atoms with van der Waals surface area (Å²) < 4.78 is 51.5. The van der Waals surface area contributed by atoms with E-state index >= 15 is 0 Å². The Morgan fingerprint density at radius 1 is 1.26 bits per heavy atom. The lowest BCUT2D eigenvalue weighted by molar-refractivity contribution is -0.137. The third kappa shape index (κ3) is 3.85. The lowest BCUT2D eigenvalue weighted by Crippen LogP contribution is -2.29. The molecule has 2 rings (SSSR count). The van der Waals surface area contributed by atoms with Gasteiger partial charge in [0, 0.05) is 13.2 Å². The minimum atomic E-state index is -4.43. The topological polar surface area (TPSA) is 33.2 Å². The van der Waals surface area contributed by atoms with Crippen LogP contribution in [0, 0.1) is 12.7 Å². The summed E-state index contributed by atoms with van der Waals surface area (Å²) in [6.07, 6.45) is -3.22. The second kappa shape index (κ2) is 6.36. The molecule has 23 heavy (non-hydrogen) atoms. The van der Waals surface area contributed by atoms with Crippen LogP contribution < -0.4 is 4.90 Å². The highest BCUT2D eigenvalue weighted by atomic mass is 19.4. The largest absolute Gasteiger partial charge is 0.416 e. The molecule has 0 unspecified atom stereocenters. The van der Waals surface area contributed by atoms with Crippen molar-refractivity contribution in [2.45, 2.75) is 19.5 Å². The minimum Gasteiger partial charge on any atom is -0.297 e. The fourth-order valence-corrected chi connectivity index (χ4v) is 2.09. The van der Waals surface area contributed by atoms with Gasteiger partial charge in [-0.3, -0.25) is 9.69 Å². The van der Waals surface area contributed by atoms with Gasteiger partial charge in [0.15, 0.2) is 11.6 Å².